The summed E-state index contributed by atoms with van der Waals surface area (Å²) in [4.78, 5) is 13.7. The highest BCUT2D eigenvalue weighted by Gasteiger charge is 2.43. The van der Waals surface area contributed by atoms with Gasteiger partial charge < -0.3 is 25.4 Å². The number of nitrogens with zero attached hydrogens (tertiary/aromatic N) is 5. The topological polar surface area (TPSA) is 74.7 Å². The standard InChI is InChI=1S/C37H52FN7/c1-5-7-28(2)21-37(27-44-19-16-41-29(44)3,32-8-6-9-33(38)20-32)31-14-17-43(18-15-31)24-30-25-45(26-30)36-12-10-34(11-13-36)42-35(22-39)23-40-4/h6,8-13,16,19-20,22-23,28,30-31,42H,5,7,14-15,17-18,21,24-27,39H2,1-4H3. The molecule has 2 aliphatic heterocycles. The van der Waals surface area contributed by atoms with Crippen molar-refractivity contribution in [3.05, 3.63) is 90.0 Å². The first kappa shape index (κ1) is 32.7. The summed E-state index contributed by atoms with van der Waals surface area (Å²) in [5.41, 5.74) is 9.74. The fraction of sp³-hybridized carbons (Fsp3) is 0.514. The van der Waals surface area contributed by atoms with Crippen LogP contribution in [0.4, 0.5) is 15.8 Å². The van der Waals surface area contributed by atoms with Crippen LogP contribution in [0.5, 0.6) is 0 Å². The first-order valence-corrected chi connectivity index (χ1v) is 16.8. The largest absolute Gasteiger partial charge is 0.403 e. The van der Waals surface area contributed by atoms with Crippen LogP contribution in [0.25, 0.3) is 0 Å². The van der Waals surface area contributed by atoms with Crippen molar-refractivity contribution in [2.45, 2.75) is 64.8 Å². The number of rotatable bonds is 14. The van der Waals surface area contributed by atoms with Crippen molar-refractivity contribution in [3.63, 3.8) is 0 Å². The van der Waals surface area contributed by atoms with Gasteiger partial charge in [0, 0.05) is 80.7 Å². The number of likely N-dealkylation sites (tertiary alicyclic amines) is 1. The Morgan fingerprint density at radius 2 is 1.93 bits per heavy atom. The van der Waals surface area contributed by atoms with Crippen LogP contribution in [-0.4, -0.2) is 60.4 Å². The monoisotopic (exact) mass is 613 g/mol. The van der Waals surface area contributed by atoms with E-state index in [1.807, 2.05) is 18.3 Å². The number of aromatic nitrogens is 2. The second-order valence-corrected chi connectivity index (χ2v) is 13.4. The van der Waals surface area contributed by atoms with Gasteiger partial charge in [-0.05, 0) is 93.1 Å². The number of nitrogens with one attached hydrogen (secondary N) is 1. The lowest BCUT2D eigenvalue weighted by Gasteiger charge is -2.49. The molecule has 0 radical (unpaired) electrons. The minimum Gasteiger partial charge on any atom is -0.403 e. The van der Waals surface area contributed by atoms with E-state index in [0.29, 0.717) is 17.8 Å². The van der Waals surface area contributed by atoms with Crippen LogP contribution in [0.15, 0.2) is 77.8 Å². The summed E-state index contributed by atoms with van der Waals surface area (Å²) in [7, 11) is 1.73. The molecular formula is C37H52FN7. The van der Waals surface area contributed by atoms with Crippen molar-refractivity contribution < 1.29 is 4.39 Å². The molecule has 2 aromatic carbocycles. The maximum absolute atomic E-state index is 14.8. The molecule has 0 bridgehead atoms. The predicted molar refractivity (Wildman–Crippen MR) is 185 cm³/mol. The normalized spacial score (nSPS) is 19.0. The Bertz CT molecular complexity index is 1420. The molecular weight excluding hydrogens is 561 g/mol. The maximum Gasteiger partial charge on any atom is 0.123 e. The summed E-state index contributed by atoms with van der Waals surface area (Å²) < 4.78 is 17.1. The van der Waals surface area contributed by atoms with E-state index in [1.54, 1.807) is 19.3 Å². The first-order valence-electron chi connectivity index (χ1n) is 16.8. The highest BCUT2D eigenvalue weighted by Crippen LogP contribution is 2.46. The van der Waals surface area contributed by atoms with Gasteiger partial charge in [0.25, 0.3) is 0 Å². The highest BCUT2D eigenvalue weighted by molar-refractivity contribution is 5.83. The Kier molecular flexibility index (Phi) is 11.0. The second kappa shape index (κ2) is 15.1. The SMILES string of the molecule is CCCC(C)CC(Cn1ccnc1C)(c1cccc(F)c1)C1CCN(CC2CN(c3ccc(NC(C=NC)=CN)cc3)C2)CC1. The van der Waals surface area contributed by atoms with Crippen LogP contribution in [0, 0.1) is 30.5 Å². The molecule has 242 valence electrons. The van der Waals surface area contributed by atoms with Gasteiger partial charge in [-0.3, -0.25) is 4.99 Å². The van der Waals surface area contributed by atoms with Crippen molar-refractivity contribution in [3.8, 4) is 0 Å². The van der Waals surface area contributed by atoms with Crippen LogP contribution in [0.1, 0.15) is 57.3 Å². The number of hydrogen-bond donors (Lipinski definition) is 2. The summed E-state index contributed by atoms with van der Waals surface area (Å²) in [5.74, 6) is 2.62. The van der Waals surface area contributed by atoms with Crippen molar-refractivity contribution in [2.75, 3.05) is 50.0 Å². The molecule has 5 rings (SSSR count). The zero-order valence-electron chi connectivity index (χ0n) is 27.6. The van der Waals surface area contributed by atoms with E-state index >= 15 is 0 Å². The van der Waals surface area contributed by atoms with Crippen LogP contribution in [-0.2, 0) is 12.0 Å². The Balaban J connectivity index is 1.22. The molecule has 3 N–H and O–H groups in total. The van der Waals surface area contributed by atoms with E-state index in [-0.39, 0.29) is 11.2 Å². The third-order valence-electron chi connectivity index (χ3n) is 10.1. The van der Waals surface area contributed by atoms with Gasteiger partial charge in [0.2, 0.25) is 0 Å². The first-order chi connectivity index (χ1) is 21.8. The van der Waals surface area contributed by atoms with E-state index in [9.17, 15) is 4.39 Å². The van der Waals surface area contributed by atoms with E-state index < -0.39 is 0 Å². The minimum absolute atomic E-state index is 0.132. The van der Waals surface area contributed by atoms with E-state index in [1.165, 1.54) is 24.7 Å². The summed E-state index contributed by atoms with van der Waals surface area (Å²) in [6.45, 7) is 13.1. The number of aliphatic imine (C=N–C) groups is 1. The lowest BCUT2D eigenvalue weighted by molar-refractivity contribution is 0.0837. The number of piperidine rings is 1. The van der Waals surface area contributed by atoms with Crippen LogP contribution in [0.3, 0.4) is 0 Å². The fourth-order valence-electron chi connectivity index (χ4n) is 7.80. The second-order valence-electron chi connectivity index (χ2n) is 13.4. The smallest absolute Gasteiger partial charge is 0.123 e. The van der Waals surface area contributed by atoms with Gasteiger partial charge in [-0.2, -0.15) is 0 Å². The lowest BCUT2D eigenvalue weighted by atomic mass is 9.62. The molecule has 0 spiro atoms. The molecule has 2 unspecified atom stereocenters. The van der Waals surface area contributed by atoms with Gasteiger partial charge in [0.05, 0.1) is 5.70 Å². The summed E-state index contributed by atoms with van der Waals surface area (Å²) in [5, 5.41) is 3.29. The van der Waals surface area contributed by atoms with Gasteiger partial charge in [0.1, 0.15) is 11.6 Å². The molecule has 0 amide bonds. The number of allylic oxidation sites excluding steroid dienone is 1. The molecule has 0 aliphatic carbocycles. The molecule has 2 fully saturated rings. The molecule has 3 aromatic rings. The van der Waals surface area contributed by atoms with E-state index in [2.05, 4.69) is 87.0 Å². The van der Waals surface area contributed by atoms with E-state index in [4.69, 9.17) is 5.73 Å². The molecule has 45 heavy (non-hydrogen) atoms. The molecule has 3 heterocycles. The third-order valence-corrected chi connectivity index (χ3v) is 10.1. The van der Waals surface area contributed by atoms with Crippen LogP contribution >= 0.6 is 0 Å². The number of nitrogens with two attached hydrogens (primary N) is 1. The Morgan fingerprint density at radius 3 is 2.56 bits per heavy atom. The lowest BCUT2D eigenvalue weighted by Crippen LogP contribution is -2.53. The van der Waals surface area contributed by atoms with Crippen LogP contribution in [0.2, 0.25) is 0 Å². The summed E-state index contributed by atoms with van der Waals surface area (Å²) >= 11 is 0. The molecule has 0 saturated carbocycles. The number of hydrogen-bond acceptors (Lipinski definition) is 6. The van der Waals surface area contributed by atoms with Crippen molar-refractivity contribution in [1.82, 2.24) is 14.5 Å². The molecule has 7 nitrogen and oxygen atoms in total. The van der Waals surface area contributed by atoms with E-state index in [0.717, 1.165) is 81.3 Å². The van der Waals surface area contributed by atoms with Crippen LogP contribution < -0.4 is 16.0 Å². The zero-order valence-corrected chi connectivity index (χ0v) is 27.6. The Morgan fingerprint density at radius 1 is 1.18 bits per heavy atom. The number of anilines is 2. The van der Waals surface area contributed by atoms with Gasteiger partial charge in [-0.25, -0.2) is 9.37 Å². The highest BCUT2D eigenvalue weighted by atomic mass is 19.1. The van der Waals surface area contributed by atoms with Crippen molar-refractivity contribution in [2.24, 2.45) is 28.5 Å². The number of halogens is 1. The van der Waals surface area contributed by atoms with Gasteiger partial charge >= 0.3 is 0 Å². The fourth-order valence-corrected chi connectivity index (χ4v) is 7.80. The van der Waals surface area contributed by atoms with Crippen molar-refractivity contribution in [1.29, 1.82) is 0 Å². The average Bonchev–Trinajstić information content (AvgIpc) is 3.42. The molecule has 2 aliphatic rings. The third kappa shape index (κ3) is 7.96. The van der Waals surface area contributed by atoms with Gasteiger partial charge in [-0.15, -0.1) is 0 Å². The van der Waals surface area contributed by atoms with Crippen molar-refractivity contribution >= 4 is 17.6 Å². The number of imidazole rings is 1. The molecule has 2 atom stereocenters. The summed E-state index contributed by atoms with van der Waals surface area (Å²) in [6, 6.07) is 16.0. The zero-order chi connectivity index (χ0) is 31.8. The number of benzene rings is 2. The predicted octanol–water partition coefficient (Wildman–Crippen LogP) is 6.86. The molecule has 1 aromatic heterocycles. The Hall–Kier alpha value is -3.65. The number of aryl methyl sites for hydroxylation is 1. The van der Waals surface area contributed by atoms with Gasteiger partial charge in [0.15, 0.2) is 0 Å². The maximum atomic E-state index is 14.8. The minimum atomic E-state index is -0.136. The molecule has 2 saturated heterocycles. The quantitative estimate of drug-likeness (QED) is 0.195. The molecule has 8 heteroatoms. The Labute approximate surface area is 269 Å². The van der Waals surface area contributed by atoms with Gasteiger partial charge in [-0.1, -0.05) is 38.8 Å². The average molecular weight is 614 g/mol. The summed E-state index contributed by atoms with van der Waals surface area (Å²) in [6.07, 6.45) is 12.9.